The molecule has 2 aromatic rings. The van der Waals surface area contributed by atoms with E-state index in [1.807, 2.05) is 0 Å². The standard InChI is InChI=1S/C14H14N4O2S/c19-21(20,11-2-1-5-15-7-11)18-10-3-4-14(18)12-8-16-9-17-13(12)6-10/h1-2,5,7-10,14H,3-4,6H2/t10-,14-/m0/s1. The molecule has 0 amide bonds. The van der Waals surface area contributed by atoms with Crippen molar-refractivity contribution in [1.29, 1.82) is 0 Å². The van der Waals surface area contributed by atoms with Gasteiger partial charge in [0.2, 0.25) is 10.0 Å². The van der Waals surface area contributed by atoms with Crippen molar-refractivity contribution in [3.63, 3.8) is 0 Å². The number of pyridine rings is 1. The summed E-state index contributed by atoms with van der Waals surface area (Å²) in [6, 6.07) is 3.09. The summed E-state index contributed by atoms with van der Waals surface area (Å²) in [6.45, 7) is 0. The van der Waals surface area contributed by atoms with Crippen molar-refractivity contribution in [2.75, 3.05) is 0 Å². The maximum Gasteiger partial charge on any atom is 0.245 e. The first-order chi connectivity index (χ1) is 10.2. The van der Waals surface area contributed by atoms with E-state index >= 15 is 0 Å². The SMILES string of the molecule is O=S(=O)(c1cccnc1)N1[C@H]2CC[C@H]1c1cncnc1C2. The molecule has 0 saturated carbocycles. The van der Waals surface area contributed by atoms with E-state index in [2.05, 4.69) is 15.0 Å². The number of hydrogen-bond donors (Lipinski definition) is 0. The number of rotatable bonds is 2. The van der Waals surface area contributed by atoms with Gasteiger partial charge in [0, 0.05) is 36.6 Å². The van der Waals surface area contributed by atoms with Gasteiger partial charge in [-0.1, -0.05) is 0 Å². The van der Waals surface area contributed by atoms with Gasteiger partial charge in [-0.15, -0.1) is 0 Å². The average molecular weight is 302 g/mol. The van der Waals surface area contributed by atoms with Crippen LogP contribution in [0, 0.1) is 0 Å². The van der Waals surface area contributed by atoms with E-state index in [1.165, 1.54) is 12.5 Å². The van der Waals surface area contributed by atoms with E-state index in [9.17, 15) is 8.42 Å². The van der Waals surface area contributed by atoms with Gasteiger partial charge in [-0.05, 0) is 25.0 Å². The maximum atomic E-state index is 12.9. The van der Waals surface area contributed by atoms with Crippen LogP contribution in [0.5, 0.6) is 0 Å². The van der Waals surface area contributed by atoms with E-state index in [0.717, 1.165) is 24.1 Å². The van der Waals surface area contributed by atoms with Crippen LogP contribution in [0.4, 0.5) is 0 Å². The fourth-order valence-corrected chi connectivity index (χ4v) is 5.18. The summed E-state index contributed by atoms with van der Waals surface area (Å²) in [6.07, 6.45) is 8.61. The first-order valence-corrected chi connectivity index (χ1v) is 8.34. The third-order valence-corrected chi connectivity index (χ3v) is 6.21. The number of sulfonamides is 1. The molecule has 2 aliphatic rings. The fraction of sp³-hybridized carbons (Fsp3) is 0.357. The Labute approximate surface area is 122 Å². The van der Waals surface area contributed by atoms with Crippen molar-refractivity contribution >= 4 is 10.0 Å². The minimum Gasteiger partial charge on any atom is -0.263 e. The second kappa shape index (κ2) is 4.57. The highest BCUT2D eigenvalue weighted by atomic mass is 32.2. The lowest BCUT2D eigenvalue weighted by Gasteiger charge is -2.34. The smallest absolute Gasteiger partial charge is 0.245 e. The minimum absolute atomic E-state index is 0.0115. The Balaban J connectivity index is 1.81. The van der Waals surface area contributed by atoms with Crippen LogP contribution in [-0.2, 0) is 16.4 Å². The van der Waals surface area contributed by atoms with Gasteiger partial charge in [0.1, 0.15) is 11.2 Å². The molecule has 0 radical (unpaired) electrons. The Hall–Kier alpha value is -1.86. The zero-order valence-electron chi connectivity index (χ0n) is 11.3. The molecule has 2 atom stereocenters. The monoisotopic (exact) mass is 302 g/mol. The van der Waals surface area contributed by atoms with Crippen LogP contribution in [0.15, 0.2) is 41.9 Å². The van der Waals surface area contributed by atoms with Crippen LogP contribution in [0.25, 0.3) is 0 Å². The number of nitrogens with zero attached hydrogens (tertiary/aromatic N) is 4. The van der Waals surface area contributed by atoms with E-state index in [-0.39, 0.29) is 17.0 Å². The molecule has 1 saturated heterocycles. The Bertz CT molecular complexity index is 779. The van der Waals surface area contributed by atoms with Crippen LogP contribution in [0.1, 0.15) is 30.1 Å². The molecule has 21 heavy (non-hydrogen) atoms. The van der Waals surface area contributed by atoms with Crippen molar-refractivity contribution in [2.45, 2.75) is 36.2 Å². The summed E-state index contributed by atoms with van der Waals surface area (Å²) < 4.78 is 27.4. The molecular weight excluding hydrogens is 288 g/mol. The predicted molar refractivity (Wildman–Crippen MR) is 74.8 cm³/mol. The fourth-order valence-electron chi connectivity index (χ4n) is 3.37. The highest BCUT2D eigenvalue weighted by Crippen LogP contribution is 2.45. The first-order valence-electron chi connectivity index (χ1n) is 6.90. The summed E-state index contributed by atoms with van der Waals surface area (Å²) in [5, 5.41) is 0. The summed E-state index contributed by atoms with van der Waals surface area (Å²) in [4.78, 5) is 12.5. The molecule has 108 valence electrons. The van der Waals surface area contributed by atoms with E-state index in [0.29, 0.717) is 6.42 Å². The topological polar surface area (TPSA) is 76.1 Å². The summed E-state index contributed by atoms with van der Waals surface area (Å²) >= 11 is 0. The molecule has 0 aliphatic carbocycles. The molecule has 0 spiro atoms. The summed E-state index contributed by atoms with van der Waals surface area (Å²) in [5.74, 6) is 0. The van der Waals surface area contributed by atoms with E-state index in [1.54, 1.807) is 28.8 Å². The number of aromatic nitrogens is 3. The number of fused-ring (bicyclic) bond motifs is 4. The van der Waals surface area contributed by atoms with Crippen molar-refractivity contribution in [3.05, 3.63) is 48.3 Å². The Morgan fingerprint density at radius 1 is 1.19 bits per heavy atom. The molecule has 2 aliphatic heterocycles. The molecule has 7 heteroatoms. The van der Waals surface area contributed by atoms with Crippen molar-refractivity contribution in [1.82, 2.24) is 19.3 Å². The second-order valence-electron chi connectivity index (χ2n) is 5.40. The van der Waals surface area contributed by atoms with Crippen LogP contribution >= 0.6 is 0 Å². The lowest BCUT2D eigenvalue weighted by molar-refractivity contribution is 0.300. The molecule has 0 aromatic carbocycles. The van der Waals surface area contributed by atoms with Crippen molar-refractivity contribution in [2.24, 2.45) is 0 Å². The van der Waals surface area contributed by atoms with Gasteiger partial charge in [-0.2, -0.15) is 4.31 Å². The first kappa shape index (κ1) is 12.8. The Kier molecular flexibility index (Phi) is 2.80. The Morgan fingerprint density at radius 3 is 2.90 bits per heavy atom. The highest BCUT2D eigenvalue weighted by molar-refractivity contribution is 7.89. The van der Waals surface area contributed by atoms with Gasteiger partial charge in [-0.3, -0.25) is 4.98 Å². The van der Waals surface area contributed by atoms with Gasteiger partial charge < -0.3 is 0 Å². The molecule has 0 unspecified atom stereocenters. The highest BCUT2D eigenvalue weighted by Gasteiger charge is 2.47. The quantitative estimate of drug-likeness (QED) is 0.836. The van der Waals surface area contributed by atoms with E-state index < -0.39 is 10.0 Å². The maximum absolute atomic E-state index is 12.9. The lowest BCUT2D eigenvalue weighted by atomic mass is 10.0. The zero-order chi connectivity index (χ0) is 14.4. The van der Waals surface area contributed by atoms with Gasteiger partial charge in [-0.25, -0.2) is 18.4 Å². The van der Waals surface area contributed by atoms with Crippen LogP contribution in [0.3, 0.4) is 0 Å². The van der Waals surface area contributed by atoms with Crippen molar-refractivity contribution < 1.29 is 8.42 Å². The molecule has 1 fully saturated rings. The second-order valence-corrected chi connectivity index (χ2v) is 7.24. The largest absolute Gasteiger partial charge is 0.263 e. The van der Waals surface area contributed by atoms with Gasteiger partial charge in [0.25, 0.3) is 0 Å². The third kappa shape index (κ3) is 1.88. The molecule has 2 bridgehead atoms. The van der Waals surface area contributed by atoms with Crippen LogP contribution < -0.4 is 0 Å². The summed E-state index contributed by atoms with van der Waals surface area (Å²) in [7, 11) is -3.53. The van der Waals surface area contributed by atoms with Crippen LogP contribution in [-0.4, -0.2) is 33.7 Å². The molecule has 6 nitrogen and oxygen atoms in total. The van der Waals surface area contributed by atoms with Crippen molar-refractivity contribution in [3.8, 4) is 0 Å². The predicted octanol–water partition coefficient (Wildman–Crippen LogP) is 1.32. The average Bonchev–Trinajstić information content (AvgIpc) is 2.85. The molecule has 2 aromatic heterocycles. The number of hydrogen-bond acceptors (Lipinski definition) is 5. The molecule has 4 rings (SSSR count). The molecule has 0 N–H and O–H groups in total. The minimum atomic E-state index is -3.53. The van der Waals surface area contributed by atoms with Gasteiger partial charge in [0.05, 0.1) is 11.7 Å². The molecule has 4 heterocycles. The van der Waals surface area contributed by atoms with Crippen LogP contribution in [0.2, 0.25) is 0 Å². The zero-order valence-corrected chi connectivity index (χ0v) is 12.1. The van der Waals surface area contributed by atoms with Gasteiger partial charge in [0.15, 0.2) is 0 Å². The Morgan fingerprint density at radius 2 is 2.10 bits per heavy atom. The summed E-state index contributed by atoms with van der Waals surface area (Å²) in [5.41, 5.74) is 1.92. The third-order valence-electron chi connectivity index (χ3n) is 4.27. The molecular formula is C14H14N4O2S. The normalized spacial score (nSPS) is 24.8. The lowest BCUT2D eigenvalue weighted by Crippen LogP contribution is -2.42. The van der Waals surface area contributed by atoms with Gasteiger partial charge >= 0.3 is 0 Å². The van der Waals surface area contributed by atoms with E-state index in [4.69, 9.17) is 0 Å².